The molecule has 0 spiro atoms. The fourth-order valence-electron chi connectivity index (χ4n) is 2.50. The summed E-state index contributed by atoms with van der Waals surface area (Å²) >= 11 is 0. The first-order chi connectivity index (χ1) is 13.4. The van der Waals surface area contributed by atoms with E-state index in [1.165, 1.54) is 24.3 Å². The zero-order valence-electron chi connectivity index (χ0n) is 14.6. The Kier molecular flexibility index (Phi) is 6.71. The van der Waals surface area contributed by atoms with Crippen LogP contribution in [0.1, 0.15) is 21.0 Å². The molecule has 0 aliphatic heterocycles. The van der Waals surface area contributed by atoms with Gasteiger partial charge in [0.15, 0.2) is 0 Å². The van der Waals surface area contributed by atoms with Crippen LogP contribution in [0.2, 0.25) is 0 Å². The van der Waals surface area contributed by atoms with Crippen LogP contribution in [-0.4, -0.2) is 42.3 Å². The van der Waals surface area contributed by atoms with Gasteiger partial charge in [-0.15, -0.1) is 0 Å². The molecule has 2 aromatic heterocycles. The minimum absolute atomic E-state index is 0. The largest absolute Gasteiger partial charge is 0.506 e. The molecule has 8 nitrogen and oxygen atoms in total. The number of nitrogens with zero attached hydrogens (tertiary/aromatic N) is 2. The number of phenols is 2. The van der Waals surface area contributed by atoms with E-state index < -0.39 is 11.9 Å². The van der Waals surface area contributed by atoms with E-state index in [4.69, 9.17) is 10.2 Å². The van der Waals surface area contributed by atoms with Crippen LogP contribution in [0.4, 0.5) is 0 Å². The number of aromatic nitrogens is 2. The van der Waals surface area contributed by atoms with Crippen molar-refractivity contribution in [3.63, 3.8) is 0 Å². The third-order valence-corrected chi connectivity index (χ3v) is 3.84. The SMILES string of the molecule is O=C(O)c1ccc2cccc(O)c2n1.O=C(O)c1ccc2cccc(O)c2n1.[Cu]. The van der Waals surface area contributed by atoms with Crippen LogP contribution in [0.5, 0.6) is 11.5 Å². The number of hydrogen-bond donors (Lipinski definition) is 4. The summed E-state index contributed by atoms with van der Waals surface area (Å²) in [4.78, 5) is 28.9. The van der Waals surface area contributed by atoms with Gasteiger partial charge in [0.1, 0.15) is 33.9 Å². The predicted molar refractivity (Wildman–Crippen MR) is 101 cm³/mol. The molecule has 0 amide bonds. The summed E-state index contributed by atoms with van der Waals surface area (Å²) in [6.45, 7) is 0. The number of phenolic OH excluding ortho intramolecular Hbond substituents is 2. The number of fused-ring (bicyclic) bond motifs is 2. The molecule has 0 atom stereocenters. The number of aromatic hydroxyl groups is 2. The van der Waals surface area contributed by atoms with Gasteiger partial charge in [-0.05, 0) is 24.3 Å². The van der Waals surface area contributed by atoms with Gasteiger partial charge in [-0.3, -0.25) is 0 Å². The monoisotopic (exact) mass is 441 g/mol. The van der Waals surface area contributed by atoms with E-state index in [-0.39, 0.29) is 40.0 Å². The van der Waals surface area contributed by atoms with Crippen molar-refractivity contribution in [2.24, 2.45) is 0 Å². The molecule has 0 saturated carbocycles. The Hall–Kier alpha value is -3.68. The Labute approximate surface area is 174 Å². The summed E-state index contributed by atoms with van der Waals surface area (Å²) in [5.74, 6) is -2.22. The first-order valence-corrected chi connectivity index (χ1v) is 8.01. The Bertz CT molecular complexity index is 1120. The zero-order chi connectivity index (χ0) is 20.3. The summed E-state index contributed by atoms with van der Waals surface area (Å²) in [5.41, 5.74) is 0.484. The van der Waals surface area contributed by atoms with Gasteiger partial charge in [0.2, 0.25) is 0 Å². The molecule has 4 aromatic rings. The molecule has 4 N–H and O–H groups in total. The number of aromatic carboxylic acids is 2. The maximum Gasteiger partial charge on any atom is 0.354 e. The average Bonchev–Trinajstić information content (AvgIpc) is 2.68. The third-order valence-electron chi connectivity index (χ3n) is 3.84. The third kappa shape index (κ3) is 4.78. The minimum Gasteiger partial charge on any atom is -0.506 e. The van der Waals surface area contributed by atoms with Crippen LogP contribution in [-0.2, 0) is 17.1 Å². The van der Waals surface area contributed by atoms with Crippen molar-refractivity contribution in [3.8, 4) is 11.5 Å². The van der Waals surface area contributed by atoms with Crippen LogP contribution in [0.3, 0.4) is 0 Å². The first kappa shape index (κ1) is 21.6. The summed E-state index contributed by atoms with van der Waals surface area (Å²) in [5, 5.41) is 37.7. The predicted octanol–water partition coefficient (Wildman–Crippen LogP) is 3.27. The molecule has 2 aromatic carbocycles. The second-order valence-corrected chi connectivity index (χ2v) is 5.70. The zero-order valence-corrected chi connectivity index (χ0v) is 15.5. The van der Waals surface area contributed by atoms with Gasteiger partial charge in [-0.2, -0.15) is 0 Å². The molecule has 29 heavy (non-hydrogen) atoms. The number of benzene rings is 2. The molecule has 0 saturated heterocycles. The van der Waals surface area contributed by atoms with E-state index in [0.717, 1.165) is 10.8 Å². The molecule has 1 radical (unpaired) electrons. The molecule has 0 fully saturated rings. The van der Waals surface area contributed by atoms with E-state index in [9.17, 15) is 19.8 Å². The Morgan fingerprint density at radius 3 is 1.34 bits per heavy atom. The number of carboxylic acids is 2. The van der Waals surface area contributed by atoms with Gasteiger partial charge in [0.05, 0.1) is 0 Å². The van der Waals surface area contributed by atoms with E-state index in [1.54, 1.807) is 36.4 Å². The van der Waals surface area contributed by atoms with Crippen molar-refractivity contribution in [3.05, 3.63) is 72.1 Å². The molecule has 151 valence electrons. The standard InChI is InChI=1S/2C10H7NO3.Cu/c2*12-8-3-1-2-6-4-5-7(10(13)14)11-9(6)8;/h2*1-5,12H,(H,13,14);. The quantitative estimate of drug-likeness (QED) is 0.347. The molecule has 4 rings (SSSR count). The second-order valence-electron chi connectivity index (χ2n) is 5.70. The van der Waals surface area contributed by atoms with Crippen LogP contribution < -0.4 is 0 Å². The van der Waals surface area contributed by atoms with Gasteiger partial charge in [0, 0.05) is 27.8 Å². The van der Waals surface area contributed by atoms with E-state index >= 15 is 0 Å². The van der Waals surface area contributed by atoms with Crippen LogP contribution in [0.15, 0.2) is 60.7 Å². The molecule has 0 aliphatic rings. The normalized spacial score (nSPS) is 9.93. The smallest absolute Gasteiger partial charge is 0.354 e. The molecule has 9 heteroatoms. The van der Waals surface area contributed by atoms with Crippen molar-refractivity contribution in [2.75, 3.05) is 0 Å². The molecule has 2 heterocycles. The number of para-hydroxylation sites is 2. The second kappa shape index (κ2) is 9.01. The van der Waals surface area contributed by atoms with Crippen LogP contribution in [0, 0.1) is 0 Å². The van der Waals surface area contributed by atoms with Crippen molar-refractivity contribution in [2.45, 2.75) is 0 Å². The summed E-state index contributed by atoms with van der Waals surface area (Å²) < 4.78 is 0. The molecule has 0 bridgehead atoms. The van der Waals surface area contributed by atoms with Crippen molar-refractivity contribution in [1.82, 2.24) is 9.97 Å². The van der Waals surface area contributed by atoms with Gasteiger partial charge < -0.3 is 20.4 Å². The van der Waals surface area contributed by atoms with Gasteiger partial charge in [-0.25, -0.2) is 19.6 Å². The maximum atomic E-state index is 10.6. The van der Waals surface area contributed by atoms with E-state index in [0.29, 0.717) is 11.0 Å². The topological polar surface area (TPSA) is 141 Å². The number of carboxylic acid groups (broad SMARTS) is 2. The maximum absolute atomic E-state index is 10.6. The average molecular weight is 442 g/mol. The summed E-state index contributed by atoms with van der Waals surface area (Å²) in [7, 11) is 0. The molecular weight excluding hydrogens is 428 g/mol. The Balaban J connectivity index is 0.000000200. The fourth-order valence-corrected chi connectivity index (χ4v) is 2.50. The van der Waals surface area contributed by atoms with Crippen LogP contribution >= 0.6 is 0 Å². The molecule has 0 aliphatic carbocycles. The number of carbonyl (C=O) groups is 2. The number of rotatable bonds is 2. The van der Waals surface area contributed by atoms with E-state index in [1.807, 2.05) is 0 Å². The molecule has 0 unspecified atom stereocenters. The van der Waals surface area contributed by atoms with Crippen molar-refractivity contribution in [1.29, 1.82) is 0 Å². The van der Waals surface area contributed by atoms with Crippen molar-refractivity contribution >= 4 is 33.7 Å². The van der Waals surface area contributed by atoms with Gasteiger partial charge in [-0.1, -0.05) is 36.4 Å². The van der Waals surface area contributed by atoms with Crippen molar-refractivity contribution < 1.29 is 47.1 Å². The molecular formula is C20H14CuN2O6. The van der Waals surface area contributed by atoms with E-state index in [2.05, 4.69) is 9.97 Å². The number of hydrogen-bond acceptors (Lipinski definition) is 6. The first-order valence-electron chi connectivity index (χ1n) is 8.01. The van der Waals surface area contributed by atoms with Gasteiger partial charge >= 0.3 is 11.9 Å². The minimum atomic E-state index is -1.10. The summed E-state index contributed by atoms with van der Waals surface area (Å²) in [6, 6.07) is 15.9. The van der Waals surface area contributed by atoms with Gasteiger partial charge in [0.25, 0.3) is 0 Å². The Morgan fingerprint density at radius 1 is 0.621 bits per heavy atom. The Morgan fingerprint density at radius 2 is 1.00 bits per heavy atom. The number of pyridine rings is 2. The summed E-state index contributed by atoms with van der Waals surface area (Å²) in [6.07, 6.45) is 0. The fraction of sp³-hybridized carbons (Fsp3) is 0. The van der Waals surface area contributed by atoms with Crippen LogP contribution in [0.25, 0.3) is 21.8 Å².